The van der Waals surface area contributed by atoms with Crippen LogP contribution in [0.4, 0.5) is 5.69 Å². The van der Waals surface area contributed by atoms with Crippen molar-refractivity contribution in [2.75, 3.05) is 25.6 Å². The molecule has 1 aliphatic carbocycles. The number of esters is 1. The van der Waals surface area contributed by atoms with Gasteiger partial charge in [0.15, 0.2) is 0 Å². The van der Waals surface area contributed by atoms with E-state index in [2.05, 4.69) is 73.6 Å². The van der Waals surface area contributed by atoms with Crippen molar-refractivity contribution in [3.63, 3.8) is 0 Å². The molecule has 0 amide bonds. The molecule has 0 aliphatic heterocycles. The molecule has 3 aromatic carbocycles. The van der Waals surface area contributed by atoms with E-state index in [9.17, 15) is 4.79 Å². The average Bonchev–Trinajstić information content (AvgIpc) is 3.08. The predicted octanol–water partition coefficient (Wildman–Crippen LogP) is 5.56. The van der Waals surface area contributed by atoms with Crippen molar-refractivity contribution in [1.29, 1.82) is 0 Å². The molecule has 3 heteroatoms. The van der Waals surface area contributed by atoms with Crippen LogP contribution in [0, 0.1) is 0 Å². The highest BCUT2D eigenvalue weighted by molar-refractivity contribution is 5.90. The van der Waals surface area contributed by atoms with Gasteiger partial charge in [0.2, 0.25) is 0 Å². The van der Waals surface area contributed by atoms with Crippen LogP contribution in [0.5, 0.6) is 0 Å². The molecule has 0 N–H and O–H groups in total. The van der Waals surface area contributed by atoms with Gasteiger partial charge in [-0.05, 0) is 71.3 Å². The summed E-state index contributed by atoms with van der Waals surface area (Å²) in [5.74, 6) is 0.161. The minimum Gasteiger partial charge on any atom is -0.466 e. The molecule has 0 saturated heterocycles. The second-order valence-corrected chi connectivity index (χ2v) is 7.77. The van der Waals surface area contributed by atoms with Crippen LogP contribution in [0.25, 0.3) is 21.9 Å². The van der Waals surface area contributed by atoms with Crippen LogP contribution in [-0.4, -0.2) is 26.7 Å². The number of hydrogen-bond donors (Lipinski definition) is 0. The van der Waals surface area contributed by atoms with Gasteiger partial charge in [0, 0.05) is 25.3 Å². The Bertz CT molecular complexity index is 1020. The van der Waals surface area contributed by atoms with Crippen molar-refractivity contribution >= 4 is 22.4 Å². The Morgan fingerprint density at radius 2 is 1.86 bits per heavy atom. The van der Waals surface area contributed by atoms with E-state index in [1.165, 1.54) is 38.7 Å². The number of carbonyl (C=O) groups is 1. The Morgan fingerprint density at radius 1 is 1.07 bits per heavy atom. The predicted molar refractivity (Wildman–Crippen MR) is 116 cm³/mol. The van der Waals surface area contributed by atoms with Crippen LogP contribution in [-0.2, 0) is 16.0 Å². The first-order valence-corrected chi connectivity index (χ1v) is 10.1. The molecule has 0 aromatic heterocycles. The van der Waals surface area contributed by atoms with Gasteiger partial charge in [-0.1, -0.05) is 36.4 Å². The Kier molecular flexibility index (Phi) is 5.08. The van der Waals surface area contributed by atoms with E-state index in [0.29, 0.717) is 13.0 Å². The van der Waals surface area contributed by atoms with Crippen LogP contribution < -0.4 is 4.90 Å². The Morgan fingerprint density at radius 3 is 2.61 bits per heavy atom. The highest BCUT2D eigenvalue weighted by Crippen LogP contribution is 2.42. The van der Waals surface area contributed by atoms with E-state index in [1.54, 1.807) is 0 Å². The maximum absolute atomic E-state index is 12.1. The summed E-state index contributed by atoms with van der Waals surface area (Å²) in [5.41, 5.74) is 6.34. The van der Waals surface area contributed by atoms with Crippen LogP contribution in [0.15, 0.2) is 54.6 Å². The highest BCUT2D eigenvalue weighted by atomic mass is 16.5. The molecule has 3 nitrogen and oxygen atoms in total. The number of ether oxygens (including phenoxy) is 1. The minimum atomic E-state index is -0.0932. The largest absolute Gasteiger partial charge is 0.466 e. The molecule has 0 radical (unpaired) electrons. The molecular formula is C25H27NO2. The number of fused-ring (bicyclic) bond motifs is 2. The number of rotatable bonds is 5. The topological polar surface area (TPSA) is 29.5 Å². The Labute approximate surface area is 166 Å². The summed E-state index contributed by atoms with van der Waals surface area (Å²) >= 11 is 0. The van der Waals surface area contributed by atoms with Crippen molar-refractivity contribution < 1.29 is 9.53 Å². The molecule has 144 valence electrons. The van der Waals surface area contributed by atoms with Gasteiger partial charge in [-0.25, -0.2) is 0 Å². The van der Waals surface area contributed by atoms with Crippen molar-refractivity contribution in [1.82, 2.24) is 0 Å². The molecule has 4 rings (SSSR count). The molecule has 3 aromatic rings. The number of carbonyl (C=O) groups excluding carboxylic acids is 1. The Hall–Kier alpha value is -2.81. The SMILES string of the molecule is CCOC(=O)CC1CCc2cc(N(C)C)c(-c3ccc4ccccc4c3)cc21. The molecule has 0 heterocycles. The number of anilines is 1. The van der Waals surface area contributed by atoms with Gasteiger partial charge in [0.05, 0.1) is 13.0 Å². The first kappa shape index (κ1) is 18.5. The zero-order chi connectivity index (χ0) is 19.7. The molecule has 0 bridgehead atoms. The summed E-state index contributed by atoms with van der Waals surface area (Å²) in [7, 11) is 4.19. The van der Waals surface area contributed by atoms with Crippen molar-refractivity contribution in [2.45, 2.75) is 32.1 Å². The second-order valence-electron chi connectivity index (χ2n) is 7.77. The summed E-state index contributed by atoms with van der Waals surface area (Å²) in [6, 6.07) is 19.7. The molecule has 0 fully saturated rings. The zero-order valence-corrected chi connectivity index (χ0v) is 16.9. The van der Waals surface area contributed by atoms with Gasteiger partial charge in [-0.15, -0.1) is 0 Å². The third-order valence-corrected chi connectivity index (χ3v) is 5.72. The van der Waals surface area contributed by atoms with E-state index >= 15 is 0 Å². The quantitative estimate of drug-likeness (QED) is 0.549. The second kappa shape index (κ2) is 7.67. The molecular weight excluding hydrogens is 346 g/mol. The van der Waals surface area contributed by atoms with Crippen LogP contribution in [0.2, 0.25) is 0 Å². The fourth-order valence-corrected chi connectivity index (χ4v) is 4.32. The molecule has 28 heavy (non-hydrogen) atoms. The molecule has 0 saturated carbocycles. The minimum absolute atomic E-state index is 0.0932. The molecule has 1 atom stereocenters. The number of aryl methyl sites for hydroxylation is 1. The normalized spacial score (nSPS) is 15.5. The lowest BCUT2D eigenvalue weighted by molar-refractivity contribution is -0.143. The monoisotopic (exact) mass is 373 g/mol. The first-order valence-electron chi connectivity index (χ1n) is 10.1. The van der Waals surface area contributed by atoms with E-state index in [4.69, 9.17) is 4.74 Å². The van der Waals surface area contributed by atoms with Crippen molar-refractivity contribution in [3.8, 4) is 11.1 Å². The van der Waals surface area contributed by atoms with Crippen LogP contribution in [0.3, 0.4) is 0 Å². The lowest BCUT2D eigenvalue weighted by atomic mass is 9.92. The van der Waals surface area contributed by atoms with Gasteiger partial charge in [-0.2, -0.15) is 0 Å². The van der Waals surface area contributed by atoms with Crippen LogP contribution in [0.1, 0.15) is 36.8 Å². The van der Waals surface area contributed by atoms with Crippen molar-refractivity contribution in [2.24, 2.45) is 0 Å². The summed E-state index contributed by atoms with van der Waals surface area (Å²) in [5, 5.41) is 2.49. The average molecular weight is 373 g/mol. The van der Waals surface area contributed by atoms with Gasteiger partial charge in [0.25, 0.3) is 0 Å². The van der Waals surface area contributed by atoms with Gasteiger partial charge < -0.3 is 9.64 Å². The lowest BCUT2D eigenvalue weighted by Gasteiger charge is -2.21. The molecule has 0 spiro atoms. The number of benzene rings is 3. The van der Waals surface area contributed by atoms with E-state index in [1.807, 2.05) is 6.92 Å². The summed E-state index contributed by atoms with van der Waals surface area (Å²) < 4.78 is 5.20. The van der Waals surface area contributed by atoms with Gasteiger partial charge in [-0.3, -0.25) is 4.79 Å². The van der Waals surface area contributed by atoms with E-state index < -0.39 is 0 Å². The van der Waals surface area contributed by atoms with Gasteiger partial charge >= 0.3 is 5.97 Å². The number of hydrogen-bond acceptors (Lipinski definition) is 3. The smallest absolute Gasteiger partial charge is 0.306 e. The highest BCUT2D eigenvalue weighted by Gasteiger charge is 2.27. The summed E-state index contributed by atoms with van der Waals surface area (Å²) in [4.78, 5) is 14.2. The molecule has 1 aliphatic rings. The number of nitrogens with zero attached hydrogens (tertiary/aromatic N) is 1. The third kappa shape index (κ3) is 3.49. The maximum atomic E-state index is 12.1. The lowest BCUT2D eigenvalue weighted by Crippen LogP contribution is -2.12. The fraction of sp³-hybridized carbons (Fsp3) is 0.320. The van der Waals surface area contributed by atoms with Crippen LogP contribution >= 0.6 is 0 Å². The standard InChI is InChI=1S/C25H27NO2/c1-4-28-25(27)15-21-12-11-20-14-24(26(2)3)23(16-22(20)21)19-10-9-17-7-5-6-8-18(17)13-19/h5-10,13-14,16,21H,4,11-12,15H2,1-3H3. The van der Waals surface area contributed by atoms with E-state index in [-0.39, 0.29) is 11.9 Å². The van der Waals surface area contributed by atoms with Gasteiger partial charge in [0.1, 0.15) is 0 Å². The summed E-state index contributed by atoms with van der Waals surface area (Å²) in [6.07, 6.45) is 2.51. The fourth-order valence-electron chi connectivity index (χ4n) is 4.32. The zero-order valence-electron chi connectivity index (χ0n) is 16.9. The Balaban J connectivity index is 1.78. The summed E-state index contributed by atoms with van der Waals surface area (Å²) in [6.45, 7) is 2.31. The third-order valence-electron chi connectivity index (χ3n) is 5.72. The first-order chi connectivity index (χ1) is 13.6. The molecule has 1 unspecified atom stereocenters. The maximum Gasteiger partial charge on any atom is 0.306 e. The van der Waals surface area contributed by atoms with Crippen molar-refractivity contribution in [3.05, 3.63) is 65.7 Å². The van der Waals surface area contributed by atoms with E-state index in [0.717, 1.165) is 12.8 Å².